The van der Waals surface area contributed by atoms with E-state index in [-0.39, 0.29) is 5.78 Å². The van der Waals surface area contributed by atoms with Crippen molar-refractivity contribution in [3.05, 3.63) is 18.2 Å². The van der Waals surface area contributed by atoms with Crippen molar-refractivity contribution in [3.8, 4) is 0 Å². The molecule has 2 unspecified atom stereocenters. The van der Waals surface area contributed by atoms with E-state index in [1.165, 1.54) is 18.1 Å². The van der Waals surface area contributed by atoms with E-state index in [9.17, 15) is 9.59 Å². The molecule has 0 aliphatic carbocycles. The van der Waals surface area contributed by atoms with Crippen LogP contribution in [0.3, 0.4) is 0 Å². The molecule has 1 amide bonds. The van der Waals surface area contributed by atoms with Crippen LogP contribution in [-0.4, -0.2) is 44.9 Å². The number of aromatic nitrogens is 2. The Labute approximate surface area is 108 Å². The van der Waals surface area contributed by atoms with Gasteiger partial charge in [0.15, 0.2) is 5.78 Å². The van der Waals surface area contributed by atoms with Gasteiger partial charge in [-0.25, -0.2) is 4.98 Å². The number of imidazole rings is 1. The van der Waals surface area contributed by atoms with E-state index in [1.807, 2.05) is 0 Å². The van der Waals surface area contributed by atoms with Gasteiger partial charge < -0.3 is 16.5 Å². The molecule has 1 fully saturated rings. The number of nitrogens with two attached hydrogens (primary N) is 2. The Morgan fingerprint density at radius 1 is 1.61 bits per heavy atom. The van der Waals surface area contributed by atoms with Gasteiger partial charge >= 0.3 is 0 Å². The molecule has 3 atom stereocenters. The first-order valence-corrected chi connectivity index (χ1v) is 6.56. The molecular weight excluding hydrogens is 254 g/mol. The van der Waals surface area contributed by atoms with Crippen LogP contribution in [0.2, 0.25) is 0 Å². The van der Waals surface area contributed by atoms with Gasteiger partial charge in [0, 0.05) is 24.1 Å². The van der Waals surface area contributed by atoms with Crippen molar-refractivity contribution in [2.45, 2.75) is 23.9 Å². The smallest absolute Gasteiger partial charge is 0.235 e. The molecule has 0 aromatic carbocycles. The molecule has 2 heterocycles. The Kier molecular flexibility index (Phi) is 4.00. The molecule has 2 rings (SSSR count). The van der Waals surface area contributed by atoms with Crippen LogP contribution in [0.5, 0.6) is 0 Å². The zero-order chi connectivity index (χ0) is 13.1. The summed E-state index contributed by atoms with van der Waals surface area (Å²) in [4.78, 5) is 29.8. The number of amides is 1. The monoisotopic (exact) mass is 269 g/mol. The molecule has 0 radical (unpaired) electrons. The number of thioether (sulfide) groups is 1. The van der Waals surface area contributed by atoms with Gasteiger partial charge in [-0.05, 0) is 0 Å². The van der Waals surface area contributed by atoms with Gasteiger partial charge in [-0.1, -0.05) is 0 Å². The standard InChI is InChI=1S/C10H15N5O2S/c11-6(1-5-2-13-4-14-5)8(16)10-15-7(3-18-10)9(12)17/h2,4,6-7,10,15H,1,3,11H2,(H2,12,17)(H,13,14)/t6-,7?,10?/m0/s1. The summed E-state index contributed by atoms with van der Waals surface area (Å²) in [5.41, 5.74) is 11.8. The minimum Gasteiger partial charge on any atom is -0.368 e. The molecule has 18 heavy (non-hydrogen) atoms. The summed E-state index contributed by atoms with van der Waals surface area (Å²) >= 11 is 1.36. The highest BCUT2D eigenvalue weighted by atomic mass is 32.2. The second-order valence-electron chi connectivity index (χ2n) is 4.12. The zero-order valence-corrected chi connectivity index (χ0v) is 10.4. The van der Waals surface area contributed by atoms with Crippen LogP contribution in [-0.2, 0) is 16.0 Å². The first-order chi connectivity index (χ1) is 8.58. The third-order valence-corrected chi connectivity index (χ3v) is 3.97. The van der Waals surface area contributed by atoms with Crippen LogP contribution in [0, 0.1) is 0 Å². The number of primary amides is 1. The van der Waals surface area contributed by atoms with Crippen molar-refractivity contribution in [1.29, 1.82) is 0 Å². The zero-order valence-electron chi connectivity index (χ0n) is 9.63. The maximum absolute atomic E-state index is 12.0. The Morgan fingerprint density at radius 3 is 2.94 bits per heavy atom. The third kappa shape index (κ3) is 2.89. The highest BCUT2D eigenvalue weighted by Gasteiger charge is 2.34. The topological polar surface area (TPSA) is 127 Å². The predicted octanol–water partition coefficient (Wildman–Crippen LogP) is -1.63. The molecule has 0 saturated carbocycles. The van der Waals surface area contributed by atoms with Gasteiger partial charge in [0.2, 0.25) is 5.91 Å². The van der Waals surface area contributed by atoms with Gasteiger partial charge in [-0.15, -0.1) is 11.8 Å². The lowest BCUT2D eigenvalue weighted by Gasteiger charge is -2.15. The molecule has 0 spiro atoms. The fraction of sp³-hybridized carbons (Fsp3) is 0.500. The van der Waals surface area contributed by atoms with E-state index < -0.39 is 23.4 Å². The van der Waals surface area contributed by atoms with Gasteiger partial charge in [-0.2, -0.15) is 0 Å². The van der Waals surface area contributed by atoms with Crippen molar-refractivity contribution >= 4 is 23.5 Å². The van der Waals surface area contributed by atoms with Gasteiger partial charge in [-0.3, -0.25) is 14.9 Å². The minimum absolute atomic E-state index is 0.127. The molecule has 1 aromatic rings. The van der Waals surface area contributed by atoms with Gasteiger partial charge in [0.25, 0.3) is 0 Å². The summed E-state index contributed by atoms with van der Waals surface area (Å²) in [5.74, 6) is -0.0685. The highest BCUT2D eigenvalue weighted by Crippen LogP contribution is 2.20. The Morgan fingerprint density at radius 2 is 2.39 bits per heavy atom. The number of H-pyrrole nitrogens is 1. The number of ketones is 1. The van der Waals surface area contributed by atoms with Crippen LogP contribution in [0.15, 0.2) is 12.5 Å². The lowest BCUT2D eigenvalue weighted by atomic mass is 10.1. The maximum Gasteiger partial charge on any atom is 0.235 e. The Balaban J connectivity index is 1.90. The largest absolute Gasteiger partial charge is 0.368 e. The molecular formula is C10H15N5O2S. The average molecular weight is 269 g/mol. The molecule has 98 valence electrons. The first-order valence-electron chi connectivity index (χ1n) is 5.51. The molecule has 0 bridgehead atoms. The van der Waals surface area contributed by atoms with Crippen molar-refractivity contribution in [1.82, 2.24) is 15.3 Å². The van der Waals surface area contributed by atoms with Crippen molar-refractivity contribution in [3.63, 3.8) is 0 Å². The second kappa shape index (κ2) is 5.51. The van der Waals surface area contributed by atoms with E-state index >= 15 is 0 Å². The van der Waals surface area contributed by atoms with Crippen LogP contribution in [0.25, 0.3) is 0 Å². The SMILES string of the molecule is NC(=O)C1CSC(C(=O)[C@@H](N)Cc2cnc[nH]2)N1. The fourth-order valence-corrected chi connectivity index (χ4v) is 2.97. The number of Topliss-reactive ketones (excluding diaryl/α,β-unsaturated/α-hetero) is 1. The van der Waals surface area contributed by atoms with Gasteiger partial charge in [0.1, 0.15) is 5.37 Å². The van der Waals surface area contributed by atoms with Crippen molar-refractivity contribution in [2.75, 3.05) is 5.75 Å². The number of rotatable bonds is 5. The van der Waals surface area contributed by atoms with Crippen LogP contribution in [0.4, 0.5) is 0 Å². The van der Waals surface area contributed by atoms with Crippen LogP contribution < -0.4 is 16.8 Å². The molecule has 6 N–H and O–H groups in total. The summed E-state index contributed by atoms with van der Waals surface area (Å²) in [6.45, 7) is 0. The summed E-state index contributed by atoms with van der Waals surface area (Å²) < 4.78 is 0. The summed E-state index contributed by atoms with van der Waals surface area (Å²) in [7, 11) is 0. The van der Waals surface area contributed by atoms with E-state index in [0.717, 1.165) is 5.69 Å². The number of hydrogen-bond acceptors (Lipinski definition) is 6. The minimum atomic E-state index is -0.623. The molecule has 1 aliphatic heterocycles. The summed E-state index contributed by atoms with van der Waals surface area (Å²) in [6.07, 6.45) is 3.58. The first kappa shape index (κ1) is 13.1. The number of carbonyl (C=O) groups is 2. The van der Waals surface area contributed by atoms with Crippen molar-refractivity contribution in [2.24, 2.45) is 11.5 Å². The second-order valence-corrected chi connectivity index (χ2v) is 5.26. The van der Waals surface area contributed by atoms with E-state index in [2.05, 4.69) is 15.3 Å². The molecule has 1 aliphatic rings. The molecule has 1 aromatic heterocycles. The fourth-order valence-electron chi connectivity index (χ4n) is 1.73. The number of hydrogen-bond donors (Lipinski definition) is 4. The molecule has 8 heteroatoms. The van der Waals surface area contributed by atoms with Gasteiger partial charge in [0.05, 0.1) is 18.4 Å². The number of carbonyl (C=O) groups excluding carboxylic acids is 2. The maximum atomic E-state index is 12.0. The lowest BCUT2D eigenvalue weighted by molar-refractivity contribution is -0.121. The average Bonchev–Trinajstić information content (AvgIpc) is 2.98. The quantitative estimate of drug-likeness (QED) is 0.508. The number of nitrogens with zero attached hydrogens (tertiary/aromatic N) is 1. The van der Waals surface area contributed by atoms with Crippen LogP contribution in [0.1, 0.15) is 5.69 Å². The summed E-state index contributed by atoms with van der Waals surface area (Å²) in [5, 5.41) is 2.43. The number of aromatic amines is 1. The van der Waals surface area contributed by atoms with Crippen LogP contribution >= 0.6 is 11.8 Å². The van der Waals surface area contributed by atoms with E-state index in [4.69, 9.17) is 11.5 Å². The van der Waals surface area contributed by atoms with E-state index in [1.54, 1.807) is 6.20 Å². The predicted molar refractivity (Wildman–Crippen MR) is 67.6 cm³/mol. The molecule has 7 nitrogen and oxygen atoms in total. The van der Waals surface area contributed by atoms with E-state index in [0.29, 0.717) is 12.2 Å². The highest BCUT2D eigenvalue weighted by molar-refractivity contribution is 8.00. The van der Waals surface area contributed by atoms with Crippen molar-refractivity contribution < 1.29 is 9.59 Å². The number of nitrogens with one attached hydrogen (secondary N) is 2. The normalized spacial score (nSPS) is 24.9. The summed E-state index contributed by atoms with van der Waals surface area (Å²) in [6, 6.07) is -1.08. The Hall–Kier alpha value is -1.38. The third-order valence-electron chi connectivity index (χ3n) is 2.74. The molecule has 1 saturated heterocycles. The Bertz CT molecular complexity index is 435. The lowest BCUT2D eigenvalue weighted by Crippen LogP contribution is -2.48.